The molecule has 5 nitrogen and oxygen atoms in total. The summed E-state index contributed by atoms with van der Waals surface area (Å²) in [5.41, 5.74) is 2.86. The molecular formula is C20H26ClN3O2. The minimum Gasteiger partial charge on any atom is -0.493 e. The van der Waals surface area contributed by atoms with Crippen LogP contribution in [0.25, 0.3) is 0 Å². The van der Waals surface area contributed by atoms with E-state index in [0.29, 0.717) is 28.6 Å². The maximum atomic E-state index is 12.9. The lowest BCUT2D eigenvalue weighted by molar-refractivity contribution is 0.102. The van der Waals surface area contributed by atoms with Crippen LogP contribution in [0.3, 0.4) is 0 Å². The Bertz CT molecular complexity index is 763. The number of nitrogens with one attached hydrogen (secondary N) is 2. The highest BCUT2D eigenvalue weighted by atomic mass is 35.5. The highest BCUT2D eigenvalue weighted by Crippen LogP contribution is 2.28. The zero-order valence-electron chi connectivity index (χ0n) is 15.7. The Balaban J connectivity index is 2.27. The molecule has 2 rings (SSSR count). The fourth-order valence-electron chi connectivity index (χ4n) is 2.52. The zero-order chi connectivity index (χ0) is 19.1. The first-order valence-electron chi connectivity index (χ1n) is 8.64. The predicted octanol–water partition coefficient (Wildman–Crippen LogP) is 4.27. The summed E-state index contributed by atoms with van der Waals surface area (Å²) in [4.78, 5) is 15.0. The average molecular weight is 376 g/mol. The van der Waals surface area contributed by atoms with Gasteiger partial charge < -0.3 is 20.3 Å². The fourth-order valence-corrected chi connectivity index (χ4v) is 2.64. The Morgan fingerprint density at radius 1 is 1.23 bits per heavy atom. The number of nitrogens with zero attached hydrogens (tertiary/aromatic N) is 1. The largest absolute Gasteiger partial charge is 0.493 e. The van der Waals surface area contributed by atoms with Gasteiger partial charge in [0.15, 0.2) is 0 Å². The van der Waals surface area contributed by atoms with Gasteiger partial charge in [-0.05, 0) is 63.8 Å². The summed E-state index contributed by atoms with van der Waals surface area (Å²) in [6.45, 7) is 5.87. The molecule has 0 aromatic heterocycles. The van der Waals surface area contributed by atoms with Crippen LogP contribution in [0.2, 0.25) is 5.02 Å². The number of carbonyl (C=O) groups is 1. The number of likely N-dealkylation sites (N-methyl/N-ethyl adjacent to an activating group) is 1. The number of halogens is 1. The zero-order valence-corrected chi connectivity index (χ0v) is 16.5. The van der Waals surface area contributed by atoms with E-state index in [1.165, 1.54) is 0 Å². The third-order valence-corrected chi connectivity index (χ3v) is 4.27. The van der Waals surface area contributed by atoms with Crippen molar-refractivity contribution in [2.45, 2.75) is 13.8 Å². The van der Waals surface area contributed by atoms with E-state index >= 15 is 0 Å². The van der Waals surface area contributed by atoms with Crippen LogP contribution in [0.4, 0.5) is 11.4 Å². The van der Waals surface area contributed by atoms with Crippen molar-refractivity contribution in [2.24, 2.45) is 0 Å². The smallest absolute Gasteiger partial charge is 0.261 e. The SMILES string of the molecule is CCOc1cccc(NCCN(C)C)c1C(=O)Nc1ccc(Cl)c(C)c1. The van der Waals surface area contributed by atoms with Gasteiger partial charge in [0.2, 0.25) is 0 Å². The number of rotatable bonds is 8. The van der Waals surface area contributed by atoms with Crippen LogP contribution in [0.15, 0.2) is 36.4 Å². The van der Waals surface area contributed by atoms with Gasteiger partial charge in [-0.25, -0.2) is 0 Å². The van der Waals surface area contributed by atoms with E-state index in [2.05, 4.69) is 15.5 Å². The van der Waals surface area contributed by atoms with Crippen molar-refractivity contribution in [1.82, 2.24) is 4.90 Å². The minimum absolute atomic E-state index is 0.219. The van der Waals surface area contributed by atoms with Gasteiger partial charge in [0.25, 0.3) is 5.91 Å². The van der Waals surface area contributed by atoms with Crippen molar-refractivity contribution in [3.63, 3.8) is 0 Å². The summed E-state index contributed by atoms with van der Waals surface area (Å²) in [6.07, 6.45) is 0. The Hall–Kier alpha value is -2.24. The predicted molar refractivity (Wildman–Crippen MR) is 109 cm³/mol. The van der Waals surface area contributed by atoms with Crippen LogP contribution < -0.4 is 15.4 Å². The molecule has 0 aliphatic carbocycles. The molecule has 1 amide bonds. The molecule has 0 atom stereocenters. The second-order valence-electron chi connectivity index (χ2n) is 6.26. The number of anilines is 2. The highest BCUT2D eigenvalue weighted by Gasteiger charge is 2.18. The number of hydrogen-bond acceptors (Lipinski definition) is 4. The summed E-state index contributed by atoms with van der Waals surface area (Å²) >= 11 is 6.06. The Morgan fingerprint density at radius 3 is 2.65 bits per heavy atom. The van der Waals surface area contributed by atoms with Gasteiger partial charge >= 0.3 is 0 Å². The molecule has 2 N–H and O–H groups in total. The topological polar surface area (TPSA) is 53.6 Å². The lowest BCUT2D eigenvalue weighted by Crippen LogP contribution is -2.22. The van der Waals surface area contributed by atoms with Crippen LogP contribution in [0.1, 0.15) is 22.8 Å². The van der Waals surface area contributed by atoms with Gasteiger partial charge in [-0.1, -0.05) is 17.7 Å². The first-order chi connectivity index (χ1) is 12.4. The van der Waals surface area contributed by atoms with E-state index in [1.807, 2.05) is 52.2 Å². The van der Waals surface area contributed by atoms with Crippen molar-refractivity contribution in [3.05, 3.63) is 52.5 Å². The van der Waals surface area contributed by atoms with E-state index in [4.69, 9.17) is 16.3 Å². The minimum atomic E-state index is -0.219. The molecule has 0 radical (unpaired) electrons. The monoisotopic (exact) mass is 375 g/mol. The average Bonchev–Trinajstić information content (AvgIpc) is 2.58. The molecule has 2 aromatic rings. The van der Waals surface area contributed by atoms with E-state index in [1.54, 1.807) is 12.1 Å². The summed E-state index contributed by atoms with van der Waals surface area (Å²) in [7, 11) is 4.02. The van der Waals surface area contributed by atoms with Crippen LogP contribution in [0.5, 0.6) is 5.75 Å². The summed E-state index contributed by atoms with van der Waals surface area (Å²) in [6, 6.07) is 11.0. The second kappa shape index (κ2) is 9.46. The normalized spacial score (nSPS) is 10.7. The molecule has 0 spiro atoms. The van der Waals surface area contributed by atoms with Crippen molar-refractivity contribution < 1.29 is 9.53 Å². The molecule has 6 heteroatoms. The number of aryl methyl sites for hydroxylation is 1. The highest BCUT2D eigenvalue weighted by molar-refractivity contribution is 6.31. The van der Waals surface area contributed by atoms with Gasteiger partial charge in [0.05, 0.1) is 12.3 Å². The van der Waals surface area contributed by atoms with Crippen molar-refractivity contribution >= 4 is 28.9 Å². The van der Waals surface area contributed by atoms with Crippen molar-refractivity contribution in [3.8, 4) is 5.75 Å². The molecule has 0 bridgehead atoms. The molecule has 0 saturated heterocycles. The summed E-state index contributed by atoms with van der Waals surface area (Å²) in [5, 5.41) is 6.93. The van der Waals surface area contributed by atoms with Gasteiger partial charge in [-0.15, -0.1) is 0 Å². The number of ether oxygens (including phenoxy) is 1. The van der Waals surface area contributed by atoms with Crippen LogP contribution in [-0.2, 0) is 0 Å². The molecule has 0 heterocycles. The number of amides is 1. The number of hydrogen-bond donors (Lipinski definition) is 2. The lowest BCUT2D eigenvalue weighted by atomic mass is 10.1. The molecular weight excluding hydrogens is 350 g/mol. The third-order valence-electron chi connectivity index (χ3n) is 3.84. The van der Waals surface area contributed by atoms with Gasteiger partial charge in [0, 0.05) is 23.8 Å². The molecule has 0 saturated carbocycles. The van der Waals surface area contributed by atoms with E-state index < -0.39 is 0 Å². The van der Waals surface area contributed by atoms with Crippen LogP contribution in [0, 0.1) is 6.92 Å². The Morgan fingerprint density at radius 2 is 2.00 bits per heavy atom. The van der Waals surface area contributed by atoms with Gasteiger partial charge in [-0.3, -0.25) is 4.79 Å². The molecule has 0 aliphatic rings. The Kier molecular flexibility index (Phi) is 7.30. The van der Waals surface area contributed by atoms with Crippen molar-refractivity contribution in [2.75, 3.05) is 44.4 Å². The maximum absolute atomic E-state index is 12.9. The number of benzene rings is 2. The number of carbonyl (C=O) groups excluding carboxylic acids is 1. The fraction of sp³-hybridized carbons (Fsp3) is 0.350. The second-order valence-corrected chi connectivity index (χ2v) is 6.67. The van der Waals surface area contributed by atoms with Crippen LogP contribution >= 0.6 is 11.6 Å². The first-order valence-corrected chi connectivity index (χ1v) is 9.02. The first kappa shape index (κ1) is 20.1. The molecule has 0 aliphatic heterocycles. The molecule has 2 aromatic carbocycles. The van der Waals surface area contributed by atoms with Gasteiger partial charge in [0.1, 0.15) is 11.3 Å². The quantitative estimate of drug-likeness (QED) is 0.723. The van der Waals surface area contributed by atoms with E-state index in [0.717, 1.165) is 24.3 Å². The van der Waals surface area contributed by atoms with E-state index in [-0.39, 0.29) is 5.91 Å². The lowest BCUT2D eigenvalue weighted by Gasteiger charge is -2.17. The standard InChI is InChI=1S/C20H26ClN3O2/c1-5-26-18-8-6-7-17(22-11-12-24(3)4)19(18)20(25)23-15-9-10-16(21)14(2)13-15/h6-10,13,22H,5,11-12H2,1-4H3,(H,23,25). The molecule has 140 valence electrons. The van der Waals surface area contributed by atoms with Crippen LogP contribution in [-0.4, -0.2) is 44.6 Å². The molecule has 0 unspecified atom stereocenters. The third kappa shape index (κ3) is 5.38. The molecule has 26 heavy (non-hydrogen) atoms. The van der Waals surface area contributed by atoms with Gasteiger partial charge in [-0.2, -0.15) is 0 Å². The molecule has 0 fully saturated rings. The maximum Gasteiger partial charge on any atom is 0.261 e. The Labute approximate surface area is 160 Å². The summed E-state index contributed by atoms with van der Waals surface area (Å²) < 4.78 is 5.67. The van der Waals surface area contributed by atoms with E-state index in [9.17, 15) is 4.79 Å². The summed E-state index contributed by atoms with van der Waals surface area (Å²) in [5.74, 6) is 0.341. The van der Waals surface area contributed by atoms with Crippen molar-refractivity contribution in [1.29, 1.82) is 0 Å².